The van der Waals surface area contributed by atoms with Gasteiger partial charge in [-0.1, -0.05) is 17.2 Å². The molecule has 30 heavy (non-hydrogen) atoms. The van der Waals surface area contributed by atoms with Crippen LogP contribution in [0.15, 0.2) is 42.6 Å². The summed E-state index contributed by atoms with van der Waals surface area (Å²) in [7, 11) is 0. The van der Waals surface area contributed by atoms with Crippen LogP contribution in [0.25, 0.3) is 16.9 Å². The predicted octanol–water partition coefficient (Wildman–Crippen LogP) is 1.75. The second-order valence-electron chi connectivity index (χ2n) is 6.94. The van der Waals surface area contributed by atoms with Gasteiger partial charge in [-0.05, 0) is 47.5 Å². The molecule has 11 heteroatoms. The van der Waals surface area contributed by atoms with E-state index in [4.69, 9.17) is 9.84 Å². The van der Waals surface area contributed by atoms with Gasteiger partial charge in [0, 0.05) is 30.4 Å². The minimum absolute atomic E-state index is 0.194. The second kappa shape index (κ2) is 7.87. The maximum atomic E-state index is 12.3. The number of nitrogens with one attached hydrogen (secondary N) is 3. The molecule has 1 fully saturated rings. The predicted molar refractivity (Wildman–Crippen MR) is 108 cm³/mol. The molecule has 0 saturated carbocycles. The van der Waals surface area contributed by atoms with Crippen LogP contribution in [0, 0.1) is 0 Å². The molecule has 0 unspecified atom stereocenters. The van der Waals surface area contributed by atoms with E-state index in [-0.39, 0.29) is 11.9 Å². The van der Waals surface area contributed by atoms with E-state index in [2.05, 4.69) is 36.2 Å². The number of imidazole rings is 1. The van der Waals surface area contributed by atoms with E-state index in [0.717, 1.165) is 48.8 Å². The highest BCUT2D eigenvalue weighted by Crippen LogP contribution is 2.22. The van der Waals surface area contributed by atoms with Crippen LogP contribution in [0.2, 0.25) is 0 Å². The normalized spacial score (nSPS) is 14.7. The molecule has 1 amide bonds. The second-order valence-corrected chi connectivity index (χ2v) is 6.94. The number of amides is 1. The third-order valence-electron chi connectivity index (χ3n) is 4.96. The number of fused-ring (bicyclic) bond motifs is 1. The van der Waals surface area contributed by atoms with Crippen molar-refractivity contribution in [2.45, 2.75) is 18.9 Å². The maximum absolute atomic E-state index is 12.3. The number of ether oxygens (including phenoxy) is 1. The van der Waals surface area contributed by atoms with E-state index in [1.165, 1.54) is 0 Å². The van der Waals surface area contributed by atoms with Crippen LogP contribution < -0.4 is 10.6 Å². The van der Waals surface area contributed by atoms with Crippen LogP contribution in [0.5, 0.6) is 0 Å². The average molecular weight is 405 g/mol. The molecule has 5 rings (SSSR count). The Morgan fingerprint density at radius 2 is 1.97 bits per heavy atom. The van der Waals surface area contributed by atoms with Crippen LogP contribution >= 0.6 is 0 Å². The zero-order chi connectivity index (χ0) is 20.3. The Balaban J connectivity index is 1.37. The average Bonchev–Trinajstić information content (AvgIpc) is 3.44. The van der Waals surface area contributed by atoms with Crippen LogP contribution in [0.3, 0.4) is 0 Å². The van der Waals surface area contributed by atoms with Crippen molar-refractivity contribution in [1.82, 2.24) is 35.2 Å². The Bertz CT molecular complexity index is 1150. The molecular formula is C19H19N9O2. The highest BCUT2D eigenvalue weighted by atomic mass is 16.5. The Kier molecular flexibility index (Phi) is 4.77. The summed E-state index contributed by atoms with van der Waals surface area (Å²) >= 11 is 0. The number of nitrogens with zero attached hydrogens (tertiary/aromatic N) is 6. The minimum atomic E-state index is -0.306. The monoisotopic (exact) mass is 405 g/mol. The summed E-state index contributed by atoms with van der Waals surface area (Å²) in [5.74, 6) is 0.684. The zero-order valence-electron chi connectivity index (χ0n) is 15.9. The summed E-state index contributed by atoms with van der Waals surface area (Å²) in [6.07, 6.45) is 3.70. The van der Waals surface area contributed by atoms with E-state index in [9.17, 15) is 4.79 Å². The van der Waals surface area contributed by atoms with Gasteiger partial charge in [-0.2, -0.15) is 0 Å². The maximum Gasteiger partial charge on any atom is 0.258 e. The fraction of sp³-hybridized carbons (Fsp3) is 0.263. The molecule has 3 N–H and O–H groups in total. The van der Waals surface area contributed by atoms with Crippen molar-refractivity contribution in [3.8, 4) is 11.3 Å². The molecule has 0 radical (unpaired) electrons. The summed E-state index contributed by atoms with van der Waals surface area (Å²) in [5, 5.41) is 23.8. The van der Waals surface area contributed by atoms with Gasteiger partial charge in [0.15, 0.2) is 5.65 Å². The number of benzene rings is 1. The topological polar surface area (TPSA) is 135 Å². The summed E-state index contributed by atoms with van der Waals surface area (Å²) in [4.78, 5) is 16.7. The molecule has 4 heterocycles. The lowest BCUT2D eigenvalue weighted by Gasteiger charge is -2.23. The number of carbonyl (C=O) groups is 1. The van der Waals surface area contributed by atoms with E-state index in [0.29, 0.717) is 11.6 Å². The first-order chi connectivity index (χ1) is 14.8. The lowest BCUT2D eigenvalue weighted by Crippen LogP contribution is -2.28. The highest BCUT2D eigenvalue weighted by Gasteiger charge is 2.15. The Labute approximate surface area is 170 Å². The first-order valence-electron chi connectivity index (χ1n) is 9.61. The first kappa shape index (κ1) is 18.2. The lowest BCUT2D eigenvalue weighted by molar-refractivity contribution is 0.0903. The van der Waals surface area contributed by atoms with Gasteiger partial charge >= 0.3 is 0 Å². The quantitative estimate of drug-likeness (QED) is 0.457. The Morgan fingerprint density at radius 1 is 1.13 bits per heavy atom. The minimum Gasteiger partial charge on any atom is -0.381 e. The summed E-state index contributed by atoms with van der Waals surface area (Å²) in [5.41, 5.74) is 2.98. The first-order valence-corrected chi connectivity index (χ1v) is 9.61. The number of tetrazole rings is 1. The van der Waals surface area contributed by atoms with Crippen molar-refractivity contribution < 1.29 is 9.53 Å². The largest absolute Gasteiger partial charge is 0.381 e. The summed E-state index contributed by atoms with van der Waals surface area (Å²) < 4.78 is 7.21. The Hall–Kier alpha value is -3.86. The number of H-pyrrole nitrogens is 1. The number of hydrogen-bond acceptors (Lipinski definition) is 8. The van der Waals surface area contributed by atoms with E-state index in [1.54, 1.807) is 22.8 Å². The molecule has 0 atom stereocenters. The molecule has 0 spiro atoms. The van der Waals surface area contributed by atoms with Crippen LogP contribution in [0.1, 0.15) is 23.2 Å². The lowest BCUT2D eigenvalue weighted by atomic mass is 10.1. The third kappa shape index (κ3) is 3.70. The van der Waals surface area contributed by atoms with Crippen molar-refractivity contribution in [3.63, 3.8) is 0 Å². The number of hydrogen-bond donors (Lipinski definition) is 3. The number of rotatable bonds is 5. The van der Waals surface area contributed by atoms with Gasteiger partial charge < -0.3 is 10.1 Å². The summed E-state index contributed by atoms with van der Waals surface area (Å²) in [6.45, 7) is 1.53. The van der Waals surface area contributed by atoms with Crippen LogP contribution in [-0.4, -0.2) is 60.4 Å². The van der Waals surface area contributed by atoms with Gasteiger partial charge in [0.2, 0.25) is 5.95 Å². The van der Waals surface area contributed by atoms with Crippen LogP contribution in [0.4, 0.5) is 11.8 Å². The van der Waals surface area contributed by atoms with Crippen molar-refractivity contribution in [2.75, 3.05) is 23.8 Å². The molecule has 1 aromatic carbocycles. The number of aromatic amines is 1. The fourth-order valence-electron chi connectivity index (χ4n) is 3.38. The molecule has 0 bridgehead atoms. The van der Waals surface area contributed by atoms with Crippen LogP contribution in [-0.2, 0) is 4.74 Å². The number of aromatic nitrogens is 7. The van der Waals surface area contributed by atoms with Gasteiger partial charge in [-0.25, -0.2) is 14.6 Å². The van der Waals surface area contributed by atoms with Crippen molar-refractivity contribution in [1.29, 1.82) is 0 Å². The molecule has 11 nitrogen and oxygen atoms in total. The van der Waals surface area contributed by atoms with Crippen molar-refractivity contribution in [3.05, 3.63) is 48.2 Å². The third-order valence-corrected chi connectivity index (χ3v) is 4.96. The van der Waals surface area contributed by atoms with Gasteiger partial charge in [0.05, 0.1) is 11.9 Å². The van der Waals surface area contributed by atoms with Crippen molar-refractivity contribution in [2.24, 2.45) is 0 Å². The molecule has 1 saturated heterocycles. The molecular weight excluding hydrogens is 386 g/mol. The molecule has 0 aliphatic carbocycles. The van der Waals surface area contributed by atoms with Crippen molar-refractivity contribution >= 4 is 23.3 Å². The van der Waals surface area contributed by atoms with Gasteiger partial charge in [-0.15, -0.1) is 5.10 Å². The molecule has 1 aliphatic heterocycles. The Morgan fingerprint density at radius 3 is 2.73 bits per heavy atom. The number of carbonyl (C=O) groups excluding carboxylic acids is 1. The molecule has 1 aliphatic rings. The number of anilines is 2. The fourth-order valence-corrected chi connectivity index (χ4v) is 3.38. The summed E-state index contributed by atoms with van der Waals surface area (Å²) in [6, 6.07) is 11.4. The van der Waals surface area contributed by atoms with E-state index >= 15 is 0 Å². The highest BCUT2D eigenvalue weighted by molar-refractivity contribution is 6.03. The van der Waals surface area contributed by atoms with Gasteiger partial charge in [0.25, 0.3) is 5.91 Å². The zero-order valence-corrected chi connectivity index (χ0v) is 15.9. The SMILES string of the molecule is O=C(Nc1nnn[nH]1)c1ccc(-c2cnc3ccc(NC4CCOCC4)nn23)cc1. The van der Waals surface area contributed by atoms with E-state index < -0.39 is 0 Å². The van der Waals surface area contributed by atoms with Gasteiger partial charge in [-0.3, -0.25) is 10.1 Å². The molecule has 3 aromatic heterocycles. The van der Waals surface area contributed by atoms with E-state index in [1.807, 2.05) is 24.3 Å². The molecule has 152 valence electrons. The smallest absolute Gasteiger partial charge is 0.258 e. The molecule has 4 aromatic rings. The standard InChI is InChI=1S/C19H19N9O2/c29-18(22-19-23-26-27-24-19)13-3-1-12(2-4-13)15-11-20-17-6-5-16(25-28(15)17)21-14-7-9-30-10-8-14/h1-6,11,14H,7-10H2,(H,21,25)(H2,22,23,24,26,27,29). The van der Waals surface area contributed by atoms with Gasteiger partial charge in [0.1, 0.15) is 5.82 Å².